The van der Waals surface area contributed by atoms with Crippen molar-refractivity contribution < 1.29 is 4.74 Å². The Hall–Kier alpha value is -2.75. The Labute approximate surface area is 213 Å². The Kier molecular flexibility index (Phi) is 9.41. The standard InChI is InChI=1S/C25H32N6O.HI/c1-3-26-25(28-19-24-27-13-14-31(24)20-21-9-5-4-6-10-21)30-17-15-29(16-18-30)22-11-7-8-12-23(22)32-2;/h4-14H,3,15-20H2,1-2H3,(H,26,28);1H. The normalized spacial score (nSPS) is 14.1. The number of nitrogens with zero attached hydrogens (tertiary/aromatic N) is 5. The van der Waals surface area contributed by atoms with Gasteiger partial charge in [0, 0.05) is 51.7 Å². The first-order valence-corrected chi connectivity index (χ1v) is 11.2. The van der Waals surface area contributed by atoms with Crippen molar-refractivity contribution in [1.82, 2.24) is 19.8 Å². The van der Waals surface area contributed by atoms with E-state index >= 15 is 0 Å². The number of aliphatic imine (C=N–C) groups is 1. The van der Waals surface area contributed by atoms with E-state index in [0.717, 1.165) is 62.5 Å². The van der Waals surface area contributed by atoms with Crippen LogP contribution in [0.25, 0.3) is 0 Å². The first-order chi connectivity index (χ1) is 15.8. The molecule has 1 aliphatic rings. The number of rotatable bonds is 7. The number of nitrogens with one attached hydrogen (secondary N) is 1. The molecule has 0 amide bonds. The van der Waals surface area contributed by atoms with Gasteiger partial charge < -0.3 is 24.4 Å². The first kappa shape index (κ1) is 24.9. The minimum Gasteiger partial charge on any atom is -0.495 e. The number of imidazole rings is 1. The molecule has 1 N–H and O–H groups in total. The second-order valence-electron chi connectivity index (χ2n) is 7.77. The lowest BCUT2D eigenvalue weighted by Crippen LogP contribution is -2.52. The number of anilines is 1. The summed E-state index contributed by atoms with van der Waals surface area (Å²) in [7, 11) is 1.73. The van der Waals surface area contributed by atoms with E-state index in [2.05, 4.69) is 68.0 Å². The fourth-order valence-electron chi connectivity index (χ4n) is 4.04. The molecule has 0 spiro atoms. The van der Waals surface area contributed by atoms with Gasteiger partial charge in [-0.3, -0.25) is 0 Å². The van der Waals surface area contributed by atoms with Crippen LogP contribution < -0.4 is 15.0 Å². The molecule has 1 aromatic heterocycles. The number of ether oxygens (including phenoxy) is 1. The molecule has 33 heavy (non-hydrogen) atoms. The van der Waals surface area contributed by atoms with Gasteiger partial charge in [0.05, 0.1) is 12.8 Å². The highest BCUT2D eigenvalue weighted by Gasteiger charge is 2.21. The van der Waals surface area contributed by atoms with Crippen molar-refractivity contribution in [3.05, 3.63) is 78.4 Å². The van der Waals surface area contributed by atoms with Crippen LogP contribution in [0.2, 0.25) is 0 Å². The van der Waals surface area contributed by atoms with Gasteiger partial charge in [-0.25, -0.2) is 9.98 Å². The maximum atomic E-state index is 5.54. The number of methoxy groups -OCH3 is 1. The molecule has 0 radical (unpaired) electrons. The third-order valence-electron chi connectivity index (χ3n) is 5.71. The van der Waals surface area contributed by atoms with Crippen LogP contribution in [0.15, 0.2) is 72.0 Å². The predicted octanol–water partition coefficient (Wildman–Crippen LogP) is 3.85. The highest BCUT2D eigenvalue weighted by Crippen LogP contribution is 2.28. The van der Waals surface area contributed by atoms with Crippen molar-refractivity contribution in [2.75, 3.05) is 44.7 Å². The number of para-hydroxylation sites is 2. The number of aromatic nitrogens is 2. The topological polar surface area (TPSA) is 57.9 Å². The van der Waals surface area contributed by atoms with Crippen LogP contribution >= 0.6 is 24.0 Å². The molecular weight excluding hydrogens is 527 g/mol. The Balaban J connectivity index is 0.00000306. The predicted molar refractivity (Wildman–Crippen MR) is 145 cm³/mol. The van der Waals surface area contributed by atoms with Gasteiger partial charge in [0.2, 0.25) is 0 Å². The molecular formula is C25H33IN6O. The zero-order valence-corrected chi connectivity index (χ0v) is 21.7. The van der Waals surface area contributed by atoms with Gasteiger partial charge in [-0.05, 0) is 24.6 Å². The Morgan fingerprint density at radius 2 is 1.76 bits per heavy atom. The third-order valence-corrected chi connectivity index (χ3v) is 5.71. The fourth-order valence-corrected chi connectivity index (χ4v) is 4.04. The van der Waals surface area contributed by atoms with Crippen molar-refractivity contribution in [1.29, 1.82) is 0 Å². The molecule has 0 atom stereocenters. The molecule has 176 valence electrons. The lowest BCUT2D eigenvalue weighted by Gasteiger charge is -2.38. The molecule has 2 aromatic carbocycles. The third kappa shape index (κ3) is 6.40. The van der Waals surface area contributed by atoms with E-state index in [1.165, 1.54) is 5.56 Å². The SMILES string of the molecule is CCNC(=NCc1nccn1Cc1ccccc1)N1CCN(c2ccccc2OC)CC1.I. The summed E-state index contributed by atoms with van der Waals surface area (Å²) in [6.07, 6.45) is 3.88. The van der Waals surface area contributed by atoms with E-state index in [1.807, 2.05) is 30.6 Å². The number of piperazine rings is 1. The zero-order valence-electron chi connectivity index (χ0n) is 19.4. The fraction of sp³-hybridized carbons (Fsp3) is 0.360. The van der Waals surface area contributed by atoms with Crippen molar-refractivity contribution >= 4 is 35.6 Å². The van der Waals surface area contributed by atoms with Gasteiger partial charge in [0.25, 0.3) is 0 Å². The molecule has 8 heteroatoms. The van der Waals surface area contributed by atoms with Crippen LogP contribution in [0.3, 0.4) is 0 Å². The Morgan fingerprint density at radius 3 is 2.48 bits per heavy atom. The molecule has 0 bridgehead atoms. The van der Waals surface area contributed by atoms with Crippen LogP contribution in [0.5, 0.6) is 5.75 Å². The van der Waals surface area contributed by atoms with E-state index in [9.17, 15) is 0 Å². The molecule has 1 aliphatic heterocycles. The van der Waals surface area contributed by atoms with Crippen LogP contribution in [0, 0.1) is 0 Å². The van der Waals surface area contributed by atoms with E-state index < -0.39 is 0 Å². The second kappa shape index (κ2) is 12.5. The smallest absolute Gasteiger partial charge is 0.194 e. The van der Waals surface area contributed by atoms with Crippen molar-refractivity contribution in [3.8, 4) is 5.75 Å². The van der Waals surface area contributed by atoms with Crippen molar-refractivity contribution in [3.63, 3.8) is 0 Å². The summed E-state index contributed by atoms with van der Waals surface area (Å²) in [5, 5.41) is 3.46. The number of guanidine groups is 1. The van der Waals surface area contributed by atoms with Gasteiger partial charge in [-0.2, -0.15) is 0 Å². The van der Waals surface area contributed by atoms with Crippen LogP contribution in [0.1, 0.15) is 18.3 Å². The largest absolute Gasteiger partial charge is 0.495 e. The summed E-state index contributed by atoms with van der Waals surface area (Å²) in [6, 6.07) is 18.7. The van der Waals surface area contributed by atoms with Gasteiger partial charge in [0.1, 0.15) is 18.1 Å². The van der Waals surface area contributed by atoms with Gasteiger partial charge in [-0.1, -0.05) is 42.5 Å². The monoisotopic (exact) mass is 560 g/mol. The number of hydrogen-bond donors (Lipinski definition) is 1. The van der Waals surface area contributed by atoms with E-state index in [1.54, 1.807) is 7.11 Å². The summed E-state index contributed by atoms with van der Waals surface area (Å²) in [4.78, 5) is 14.2. The number of benzene rings is 2. The van der Waals surface area contributed by atoms with Crippen LogP contribution in [0.4, 0.5) is 5.69 Å². The molecule has 3 aromatic rings. The number of halogens is 1. The first-order valence-electron chi connectivity index (χ1n) is 11.2. The van der Waals surface area contributed by atoms with Crippen LogP contribution in [-0.2, 0) is 13.1 Å². The van der Waals surface area contributed by atoms with E-state index in [4.69, 9.17) is 9.73 Å². The lowest BCUT2D eigenvalue weighted by molar-refractivity contribution is 0.367. The molecule has 1 fully saturated rings. The second-order valence-corrected chi connectivity index (χ2v) is 7.77. The molecule has 0 aliphatic carbocycles. The molecule has 0 unspecified atom stereocenters. The van der Waals surface area contributed by atoms with Crippen molar-refractivity contribution in [2.24, 2.45) is 4.99 Å². The average Bonchev–Trinajstić information content (AvgIpc) is 3.29. The minimum atomic E-state index is 0. The van der Waals surface area contributed by atoms with Gasteiger partial charge in [-0.15, -0.1) is 24.0 Å². The molecule has 0 saturated carbocycles. The Bertz CT molecular complexity index is 1010. The highest BCUT2D eigenvalue weighted by atomic mass is 127. The summed E-state index contributed by atoms with van der Waals surface area (Å²) in [5.41, 5.74) is 2.41. The summed E-state index contributed by atoms with van der Waals surface area (Å²) in [6.45, 7) is 7.96. The van der Waals surface area contributed by atoms with E-state index in [0.29, 0.717) is 6.54 Å². The summed E-state index contributed by atoms with van der Waals surface area (Å²) < 4.78 is 7.71. The average molecular weight is 560 g/mol. The molecule has 1 saturated heterocycles. The zero-order chi connectivity index (χ0) is 22.2. The lowest BCUT2D eigenvalue weighted by atomic mass is 10.2. The van der Waals surface area contributed by atoms with E-state index in [-0.39, 0.29) is 24.0 Å². The molecule has 4 rings (SSSR count). The summed E-state index contributed by atoms with van der Waals surface area (Å²) in [5.74, 6) is 2.84. The quantitative estimate of drug-likeness (QED) is 0.271. The highest BCUT2D eigenvalue weighted by molar-refractivity contribution is 14.0. The molecule has 7 nitrogen and oxygen atoms in total. The summed E-state index contributed by atoms with van der Waals surface area (Å²) >= 11 is 0. The van der Waals surface area contributed by atoms with Crippen LogP contribution in [-0.4, -0.2) is 60.2 Å². The maximum Gasteiger partial charge on any atom is 0.194 e. The van der Waals surface area contributed by atoms with Crippen molar-refractivity contribution in [2.45, 2.75) is 20.0 Å². The van der Waals surface area contributed by atoms with Gasteiger partial charge in [0.15, 0.2) is 5.96 Å². The Morgan fingerprint density at radius 1 is 1.03 bits per heavy atom. The number of hydrogen-bond acceptors (Lipinski definition) is 4. The maximum absolute atomic E-state index is 5.54. The minimum absolute atomic E-state index is 0. The van der Waals surface area contributed by atoms with Gasteiger partial charge >= 0.3 is 0 Å². The molecule has 2 heterocycles.